The van der Waals surface area contributed by atoms with Crippen LogP contribution in [-0.2, 0) is 11.2 Å². The van der Waals surface area contributed by atoms with Crippen molar-refractivity contribution in [1.82, 2.24) is 19.9 Å². The van der Waals surface area contributed by atoms with Crippen LogP contribution >= 0.6 is 0 Å². The Bertz CT molecular complexity index is 1040. The van der Waals surface area contributed by atoms with E-state index in [0.717, 1.165) is 37.2 Å². The van der Waals surface area contributed by atoms with Gasteiger partial charge in [0.2, 0.25) is 5.91 Å². The predicted molar refractivity (Wildman–Crippen MR) is 112 cm³/mol. The van der Waals surface area contributed by atoms with Gasteiger partial charge in [0.25, 0.3) is 0 Å². The molecule has 2 heterocycles. The summed E-state index contributed by atoms with van der Waals surface area (Å²) in [5.41, 5.74) is 9.77. The molecule has 0 saturated carbocycles. The third kappa shape index (κ3) is 4.18. The molecule has 0 unspecified atom stereocenters. The number of anilines is 1. The number of rotatable bonds is 6. The number of nitrogens with two attached hydrogens (primary N) is 1. The van der Waals surface area contributed by atoms with Crippen LogP contribution in [0, 0.1) is 5.41 Å². The van der Waals surface area contributed by atoms with Crippen LogP contribution < -0.4 is 5.73 Å². The highest BCUT2D eigenvalue weighted by Gasteiger charge is 2.17. The SMILES string of the molecule is N=C(c1cn(-c2cccc(CCC(=O)N3CCCC3)c2)nn1)c1ccccc1N. The van der Waals surface area contributed by atoms with E-state index in [-0.39, 0.29) is 11.6 Å². The summed E-state index contributed by atoms with van der Waals surface area (Å²) in [5.74, 6) is 0.227. The highest BCUT2D eigenvalue weighted by Crippen LogP contribution is 2.17. The second kappa shape index (κ2) is 8.26. The number of amides is 1. The Labute approximate surface area is 169 Å². The van der Waals surface area contributed by atoms with Crippen molar-refractivity contribution in [3.8, 4) is 5.69 Å². The molecule has 2 aromatic carbocycles. The number of nitrogen functional groups attached to an aromatic ring is 1. The van der Waals surface area contributed by atoms with Crippen LogP contribution in [0.25, 0.3) is 5.69 Å². The molecular formula is C22H24N6O. The zero-order valence-electron chi connectivity index (χ0n) is 16.2. The van der Waals surface area contributed by atoms with Gasteiger partial charge in [0.15, 0.2) is 0 Å². The number of hydrogen-bond donors (Lipinski definition) is 2. The Morgan fingerprint density at radius 2 is 1.90 bits per heavy atom. The maximum atomic E-state index is 12.3. The van der Waals surface area contributed by atoms with Crippen molar-refractivity contribution >= 4 is 17.3 Å². The Balaban J connectivity index is 1.47. The molecule has 3 aromatic rings. The van der Waals surface area contributed by atoms with Gasteiger partial charge in [-0.1, -0.05) is 35.5 Å². The van der Waals surface area contributed by atoms with E-state index in [0.29, 0.717) is 29.8 Å². The number of aromatic nitrogens is 3. The van der Waals surface area contributed by atoms with Crippen LogP contribution in [-0.4, -0.2) is 44.6 Å². The van der Waals surface area contributed by atoms with E-state index in [1.165, 1.54) is 0 Å². The second-order valence-corrected chi connectivity index (χ2v) is 7.27. The fourth-order valence-electron chi connectivity index (χ4n) is 3.60. The molecule has 0 aliphatic carbocycles. The number of aryl methyl sites for hydroxylation is 1. The van der Waals surface area contributed by atoms with Crippen LogP contribution in [0.3, 0.4) is 0 Å². The number of benzene rings is 2. The summed E-state index contributed by atoms with van der Waals surface area (Å²) in [4.78, 5) is 14.2. The molecule has 148 valence electrons. The van der Waals surface area contributed by atoms with E-state index in [1.807, 2.05) is 41.3 Å². The number of likely N-dealkylation sites (tertiary alicyclic amines) is 1. The van der Waals surface area contributed by atoms with E-state index >= 15 is 0 Å². The van der Waals surface area contributed by atoms with Crippen molar-refractivity contribution in [3.05, 3.63) is 71.5 Å². The smallest absolute Gasteiger partial charge is 0.222 e. The number of nitrogens with zero attached hydrogens (tertiary/aromatic N) is 4. The van der Waals surface area contributed by atoms with Crippen molar-refractivity contribution < 1.29 is 4.79 Å². The van der Waals surface area contributed by atoms with E-state index in [1.54, 1.807) is 23.0 Å². The minimum Gasteiger partial charge on any atom is -0.398 e. The van der Waals surface area contributed by atoms with Gasteiger partial charge >= 0.3 is 0 Å². The summed E-state index contributed by atoms with van der Waals surface area (Å²) < 4.78 is 1.65. The molecule has 1 aliphatic rings. The molecule has 29 heavy (non-hydrogen) atoms. The average Bonchev–Trinajstić information content (AvgIpc) is 3.44. The highest BCUT2D eigenvalue weighted by molar-refractivity contribution is 6.12. The monoisotopic (exact) mass is 388 g/mol. The van der Waals surface area contributed by atoms with Gasteiger partial charge in [-0.15, -0.1) is 5.10 Å². The van der Waals surface area contributed by atoms with Crippen LogP contribution in [0.1, 0.15) is 36.1 Å². The number of para-hydroxylation sites is 1. The normalized spacial score (nSPS) is 13.6. The summed E-state index contributed by atoms with van der Waals surface area (Å²) in [6.07, 6.45) is 5.16. The third-order valence-electron chi connectivity index (χ3n) is 5.24. The molecule has 1 fully saturated rings. The predicted octanol–water partition coefficient (Wildman–Crippen LogP) is 2.82. The number of nitrogens with one attached hydrogen (secondary N) is 1. The topological polar surface area (TPSA) is 101 Å². The quantitative estimate of drug-likeness (QED) is 0.501. The van der Waals surface area contributed by atoms with Gasteiger partial charge in [-0.05, 0) is 43.0 Å². The zero-order valence-corrected chi connectivity index (χ0v) is 16.2. The van der Waals surface area contributed by atoms with Crippen molar-refractivity contribution in [3.63, 3.8) is 0 Å². The third-order valence-corrected chi connectivity index (χ3v) is 5.24. The molecule has 1 saturated heterocycles. The number of carbonyl (C=O) groups is 1. The summed E-state index contributed by atoms with van der Waals surface area (Å²) >= 11 is 0. The molecule has 7 heteroatoms. The molecule has 4 rings (SSSR count). The van der Waals surface area contributed by atoms with Gasteiger partial charge in [0, 0.05) is 30.8 Å². The van der Waals surface area contributed by atoms with E-state index in [4.69, 9.17) is 11.1 Å². The Morgan fingerprint density at radius 1 is 1.10 bits per heavy atom. The minimum atomic E-state index is 0.227. The largest absolute Gasteiger partial charge is 0.398 e. The van der Waals surface area contributed by atoms with E-state index in [9.17, 15) is 4.79 Å². The van der Waals surface area contributed by atoms with Crippen molar-refractivity contribution in [2.75, 3.05) is 18.8 Å². The van der Waals surface area contributed by atoms with Gasteiger partial charge in [-0.3, -0.25) is 10.2 Å². The summed E-state index contributed by atoms with van der Waals surface area (Å²) in [6, 6.07) is 15.2. The van der Waals surface area contributed by atoms with Gasteiger partial charge in [0.05, 0.1) is 17.6 Å². The lowest BCUT2D eigenvalue weighted by Crippen LogP contribution is -2.27. The summed E-state index contributed by atoms with van der Waals surface area (Å²) in [5, 5.41) is 16.7. The first kappa shape index (κ1) is 18.9. The van der Waals surface area contributed by atoms with Crippen LogP contribution in [0.4, 0.5) is 5.69 Å². The molecule has 1 amide bonds. The van der Waals surface area contributed by atoms with Crippen LogP contribution in [0.2, 0.25) is 0 Å². The fraction of sp³-hybridized carbons (Fsp3) is 0.273. The number of carbonyl (C=O) groups excluding carboxylic acids is 1. The lowest BCUT2D eigenvalue weighted by molar-refractivity contribution is -0.130. The zero-order chi connectivity index (χ0) is 20.2. The first-order chi connectivity index (χ1) is 14.1. The van der Waals surface area contributed by atoms with Crippen molar-refractivity contribution in [2.24, 2.45) is 0 Å². The molecule has 0 atom stereocenters. The summed E-state index contributed by atoms with van der Waals surface area (Å²) in [6.45, 7) is 1.77. The van der Waals surface area contributed by atoms with Gasteiger partial charge in [-0.2, -0.15) is 0 Å². The molecule has 1 aromatic heterocycles. The van der Waals surface area contributed by atoms with Crippen molar-refractivity contribution in [1.29, 1.82) is 5.41 Å². The summed E-state index contributed by atoms with van der Waals surface area (Å²) in [7, 11) is 0. The highest BCUT2D eigenvalue weighted by atomic mass is 16.2. The molecule has 0 spiro atoms. The maximum absolute atomic E-state index is 12.3. The first-order valence-electron chi connectivity index (χ1n) is 9.85. The van der Waals surface area contributed by atoms with Gasteiger partial charge in [0.1, 0.15) is 5.69 Å². The van der Waals surface area contributed by atoms with Crippen molar-refractivity contribution in [2.45, 2.75) is 25.7 Å². The number of hydrogen-bond acceptors (Lipinski definition) is 5. The molecule has 7 nitrogen and oxygen atoms in total. The Morgan fingerprint density at radius 3 is 2.69 bits per heavy atom. The van der Waals surface area contributed by atoms with E-state index in [2.05, 4.69) is 10.3 Å². The maximum Gasteiger partial charge on any atom is 0.222 e. The first-order valence-corrected chi connectivity index (χ1v) is 9.85. The fourth-order valence-corrected chi connectivity index (χ4v) is 3.60. The molecule has 0 radical (unpaired) electrons. The molecule has 3 N–H and O–H groups in total. The molecule has 0 bridgehead atoms. The Kier molecular flexibility index (Phi) is 5.37. The minimum absolute atomic E-state index is 0.227. The average molecular weight is 388 g/mol. The van der Waals surface area contributed by atoms with Crippen LogP contribution in [0.5, 0.6) is 0 Å². The second-order valence-electron chi connectivity index (χ2n) is 7.27. The van der Waals surface area contributed by atoms with E-state index < -0.39 is 0 Å². The van der Waals surface area contributed by atoms with Crippen LogP contribution in [0.15, 0.2) is 54.7 Å². The molecule has 1 aliphatic heterocycles. The lowest BCUT2D eigenvalue weighted by Gasteiger charge is -2.15. The molecular weight excluding hydrogens is 364 g/mol. The Hall–Kier alpha value is -3.48. The van der Waals surface area contributed by atoms with Gasteiger partial charge in [-0.25, -0.2) is 4.68 Å². The van der Waals surface area contributed by atoms with Gasteiger partial charge < -0.3 is 10.6 Å². The standard InChI is InChI=1S/C22H24N6O/c23-19-9-2-1-8-18(19)22(24)20-15-28(26-25-20)17-7-5-6-16(14-17)10-11-21(29)27-12-3-4-13-27/h1-2,5-9,14-15,24H,3-4,10-13,23H2. The lowest BCUT2D eigenvalue weighted by atomic mass is 10.1.